The maximum atomic E-state index is 13.2. The number of nitrogens with zero attached hydrogens (tertiary/aromatic N) is 2. The Morgan fingerprint density at radius 3 is 2.44 bits per heavy atom. The molecule has 0 saturated heterocycles. The Morgan fingerprint density at radius 1 is 1.00 bits per heavy atom. The summed E-state index contributed by atoms with van der Waals surface area (Å²) in [7, 11) is 0. The molecule has 0 bridgehead atoms. The molecule has 2 heterocycles. The molecule has 4 nitrogen and oxygen atoms in total. The van der Waals surface area contributed by atoms with Gasteiger partial charge in [0.25, 0.3) is 0 Å². The van der Waals surface area contributed by atoms with Gasteiger partial charge in [-0.25, -0.2) is 14.4 Å². The van der Waals surface area contributed by atoms with Crippen molar-refractivity contribution in [2.75, 3.05) is 5.32 Å². The minimum absolute atomic E-state index is 0.206. The zero-order valence-electron chi connectivity index (χ0n) is 13.3. The first-order valence-electron chi connectivity index (χ1n) is 7.68. The largest absolute Gasteiger partial charge is 0.508 e. The highest BCUT2D eigenvalue weighted by Gasteiger charge is 2.14. The number of nitrogens with one attached hydrogen (secondary N) is 1. The number of rotatable bonds is 3. The molecule has 0 radical (unpaired) electrons. The summed E-state index contributed by atoms with van der Waals surface area (Å²) >= 11 is 1.53. The van der Waals surface area contributed by atoms with Crippen LogP contribution in [0.3, 0.4) is 0 Å². The maximum Gasteiger partial charge on any atom is 0.143 e. The van der Waals surface area contributed by atoms with E-state index in [-0.39, 0.29) is 11.6 Å². The van der Waals surface area contributed by atoms with Crippen molar-refractivity contribution >= 4 is 33.1 Å². The quantitative estimate of drug-likeness (QED) is 0.495. The van der Waals surface area contributed by atoms with Gasteiger partial charge in [-0.05, 0) is 48.9 Å². The normalized spacial score (nSPS) is 11.0. The Labute approximate surface area is 147 Å². The molecule has 0 aliphatic carbocycles. The smallest absolute Gasteiger partial charge is 0.143 e. The van der Waals surface area contributed by atoms with Gasteiger partial charge < -0.3 is 10.4 Å². The van der Waals surface area contributed by atoms with Gasteiger partial charge in [0.05, 0.1) is 5.39 Å². The number of phenolic OH excluding ortho intramolecular Hbond substituents is 1. The van der Waals surface area contributed by atoms with Crippen LogP contribution in [0.1, 0.15) is 5.82 Å². The molecule has 4 rings (SSSR count). The Bertz CT molecular complexity index is 1040. The molecule has 0 aliphatic heterocycles. The number of aryl methyl sites for hydroxylation is 1. The van der Waals surface area contributed by atoms with E-state index < -0.39 is 0 Å². The van der Waals surface area contributed by atoms with E-state index in [9.17, 15) is 9.50 Å². The minimum atomic E-state index is -0.266. The molecular weight excluding hydrogens is 337 g/mol. The van der Waals surface area contributed by atoms with E-state index in [1.54, 1.807) is 36.4 Å². The highest BCUT2D eigenvalue weighted by atomic mass is 32.1. The number of aromatic nitrogens is 2. The average molecular weight is 351 g/mol. The van der Waals surface area contributed by atoms with Gasteiger partial charge in [-0.2, -0.15) is 0 Å². The van der Waals surface area contributed by atoms with Gasteiger partial charge in [-0.1, -0.05) is 12.1 Å². The number of benzene rings is 2. The molecule has 124 valence electrons. The second kappa shape index (κ2) is 6.14. The van der Waals surface area contributed by atoms with Crippen molar-refractivity contribution in [1.29, 1.82) is 0 Å². The SMILES string of the molecule is Cc1nc(Nc2ccc(O)cc2)c2c(-c3ccc(F)cc3)csc2n1. The summed E-state index contributed by atoms with van der Waals surface area (Å²) in [6.45, 7) is 1.85. The standard InChI is InChI=1S/C19H14FN3OS/c1-11-21-18(23-14-6-8-15(24)9-7-14)17-16(10-25-19(17)22-11)12-2-4-13(20)5-3-12/h2-10,24H,1H3,(H,21,22,23). The van der Waals surface area contributed by atoms with E-state index in [1.165, 1.54) is 23.5 Å². The van der Waals surface area contributed by atoms with Gasteiger partial charge in [0.1, 0.15) is 28.0 Å². The molecule has 0 unspecified atom stereocenters. The predicted molar refractivity (Wildman–Crippen MR) is 98.9 cm³/mol. The van der Waals surface area contributed by atoms with Crippen molar-refractivity contribution in [2.24, 2.45) is 0 Å². The molecule has 2 N–H and O–H groups in total. The van der Waals surface area contributed by atoms with Crippen LogP contribution in [0.4, 0.5) is 15.9 Å². The molecule has 25 heavy (non-hydrogen) atoms. The van der Waals surface area contributed by atoms with Crippen molar-refractivity contribution in [2.45, 2.75) is 6.92 Å². The Kier molecular flexibility index (Phi) is 3.82. The molecule has 0 fully saturated rings. The van der Waals surface area contributed by atoms with Gasteiger partial charge in [-0.3, -0.25) is 0 Å². The number of thiophene rings is 1. The van der Waals surface area contributed by atoms with Crippen LogP contribution in [0.5, 0.6) is 5.75 Å². The lowest BCUT2D eigenvalue weighted by atomic mass is 10.1. The van der Waals surface area contributed by atoms with Gasteiger partial charge >= 0.3 is 0 Å². The van der Waals surface area contributed by atoms with Gasteiger partial charge in [0, 0.05) is 16.6 Å². The fourth-order valence-electron chi connectivity index (χ4n) is 2.66. The molecule has 0 saturated carbocycles. The van der Waals surface area contributed by atoms with Crippen molar-refractivity contribution in [3.05, 3.63) is 65.6 Å². The molecule has 0 aliphatic rings. The number of phenols is 1. The van der Waals surface area contributed by atoms with Crippen molar-refractivity contribution in [3.8, 4) is 16.9 Å². The number of fused-ring (bicyclic) bond motifs is 1. The lowest BCUT2D eigenvalue weighted by Gasteiger charge is -2.10. The summed E-state index contributed by atoms with van der Waals surface area (Å²) in [4.78, 5) is 9.92. The van der Waals surface area contributed by atoms with Crippen LogP contribution < -0.4 is 5.32 Å². The van der Waals surface area contributed by atoms with E-state index >= 15 is 0 Å². The topological polar surface area (TPSA) is 58.0 Å². The Hall–Kier alpha value is -2.99. The molecule has 2 aromatic carbocycles. The van der Waals surface area contributed by atoms with Crippen molar-refractivity contribution in [3.63, 3.8) is 0 Å². The highest BCUT2D eigenvalue weighted by Crippen LogP contribution is 2.38. The summed E-state index contributed by atoms with van der Waals surface area (Å²) in [5, 5.41) is 15.6. The summed E-state index contributed by atoms with van der Waals surface area (Å²) < 4.78 is 13.2. The maximum absolute atomic E-state index is 13.2. The van der Waals surface area contributed by atoms with E-state index in [0.29, 0.717) is 11.6 Å². The minimum Gasteiger partial charge on any atom is -0.508 e. The third kappa shape index (κ3) is 3.04. The summed E-state index contributed by atoms with van der Waals surface area (Å²) in [6.07, 6.45) is 0. The lowest BCUT2D eigenvalue weighted by Crippen LogP contribution is -1.98. The van der Waals surface area contributed by atoms with Gasteiger partial charge in [-0.15, -0.1) is 11.3 Å². The first-order valence-corrected chi connectivity index (χ1v) is 8.56. The Balaban J connectivity index is 1.86. The number of hydrogen-bond donors (Lipinski definition) is 2. The highest BCUT2D eigenvalue weighted by molar-refractivity contribution is 7.17. The van der Waals surface area contributed by atoms with Gasteiger partial charge in [0.2, 0.25) is 0 Å². The van der Waals surface area contributed by atoms with Crippen LogP contribution in [0, 0.1) is 12.7 Å². The van der Waals surface area contributed by atoms with E-state index in [0.717, 1.165) is 27.0 Å². The van der Waals surface area contributed by atoms with Crippen molar-refractivity contribution < 1.29 is 9.50 Å². The third-order valence-corrected chi connectivity index (χ3v) is 4.70. The lowest BCUT2D eigenvalue weighted by molar-refractivity contribution is 0.475. The summed E-state index contributed by atoms with van der Waals surface area (Å²) in [5.41, 5.74) is 2.68. The molecule has 6 heteroatoms. The molecule has 0 spiro atoms. The van der Waals surface area contributed by atoms with Gasteiger partial charge in [0.15, 0.2) is 0 Å². The molecule has 2 aromatic heterocycles. The molecule has 0 atom stereocenters. The van der Waals surface area contributed by atoms with Crippen LogP contribution in [-0.4, -0.2) is 15.1 Å². The predicted octanol–water partition coefficient (Wildman–Crippen LogP) is 5.26. The van der Waals surface area contributed by atoms with Crippen LogP contribution >= 0.6 is 11.3 Å². The van der Waals surface area contributed by atoms with Crippen molar-refractivity contribution in [1.82, 2.24) is 9.97 Å². The first kappa shape index (κ1) is 15.5. The van der Waals surface area contributed by atoms with Crippen LogP contribution in [0.2, 0.25) is 0 Å². The second-order valence-corrected chi connectivity index (χ2v) is 6.49. The summed E-state index contributed by atoms with van der Waals surface area (Å²) in [6, 6.07) is 13.2. The third-order valence-electron chi connectivity index (χ3n) is 3.83. The van der Waals surface area contributed by atoms with E-state index in [2.05, 4.69) is 15.3 Å². The summed E-state index contributed by atoms with van der Waals surface area (Å²) in [5.74, 6) is 1.30. The molecule has 4 aromatic rings. The molecular formula is C19H14FN3OS. The zero-order chi connectivity index (χ0) is 17.4. The molecule has 0 amide bonds. The number of aromatic hydroxyl groups is 1. The van der Waals surface area contributed by atoms with E-state index in [4.69, 9.17) is 0 Å². The number of anilines is 2. The fraction of sp³-hybridized carbons (Fsp3) is 0.0526. The monoisotopic (exact) mass is 351 g/mol. The van der Waals surface area contributed by atoms with Crippen LogP contribution in [0.25, 0.3) is 21.3 Å². The second-order valence-electron chi connectivity index (χ2n) is 5.63. The number of hydrogen-bond acceptors (Lipinski definition) is 5. The zero-order valence-corrected chi connectivity index (χ0v) is 14.1. The number of halogens is 1. The Morgan fingerprint density at radius 2 is 1.72 bits per heavy atom. The van der Waals surface area contributed by atoms with E-state index in [1.807, 2.05) is 12.3 Å². The fourth-order valence-corrected chi connectivity index (χ4v) is 3.66. The van der Waals surface area contributed by atoms with Crippen LogP contribution in [0.15, 0.2) is 53.9 Å². The first-order chi connectivity index (χ1) is 12.1. The van der Waals surface area contributed by atoms with Crippen LogP contribution in [-0.2, 0) is 0 Å². The average Bonchev–Trinajstić information content (AvgIpc) is 3.01.